The topological polar surface area (TPSA) is 33.1 Å². The summed E-state index contributed by atoms with van der Waals surface area (Å²) in [6.45, 7) is 0. The molecule has 1 atom stereocenters. The zero-order valence-corrected chi connectivity index (χ0v) is 12.5. The van der Waals surface area contributed by atoms with Crippen LogP contribution in [0.1, 0.15) is 17.4 Å². The number of nitrogens with zero attached hydrogens (tertiary/aromatic N) is 1. The highest BCUT2D eigenvalue weighted by Crippen LogP contribution is 2.31. The Hall–Kier alpha value is -1.23. The molecular weight excluding hydrogens is 322 g/mol. The molecule has 3 aromatic rings. The van der Waals surface area contributed by atoms with Crippen LogP contribution < -0.4 is 0 Å². The van der Waals surface area contributed by atoms with Crippen LogP contribution in [0, 0.1) is 0 Å². The summed E-state index contributed by atoms with van der Waals surface area (Å²) in [5.74, 6) is 0. The molecule has 0 bridgehead atoms. The Morgan fingerprint density at radius 2 is 2.05 bits per heavy atom. The second-order valence-corrected chi connectivity index (χ2v) is 6.20. The molecule has 0 radical (unpaired) electrons. The smallest absolute Gasteiger partial charge is 0.0859 e. The van der Waals surface area contributed by atoms with Gasteiger partial charge in [-0.2, -0.15) is 0 Å². The third kappa shape index (κ3) is 2.71. The fourth-order valence-corrected chi connectivity index (χ4v) is 3.33. The fraction of sp³-hybridized carbons (Fsp3) is 0.133. The Morgan fingerprint density at radius 3 is 2.84 bits per heavy atom. The summed E-state index contributed by atoms with van der Waals surface area (Å²) >= 11 is 5.03. The quantitative estimate of drug-likeness (QED) is 0.773. The molecule has 2 nitrogen and oxygen atoms in total. The van der Waals surface area contributed by atoms with Gasteiger partial charge in [0.15, 0.2) is 0 Å². The second kappa shape index (κ2) is 5.41. The lowest BCUT2D eigenvalue weighted by Crippen LogP contribution is -2.02. The molecule has 0 amide bonds. The minimum Gasteiger partial charge on any atom is -0.388 e. The maximum absolute atomic E-state index is 10.4. The average molecular weight is 334 g/mol. The molecule has 0 aliphatic carbocycles. The van der Waals surface area contributed by atoms with E-state index in [-0.39, 0.29) is 0 Å². The Labute approximate surface area is 123 Å². The number of halogens is 1. The first kappa shape index (κ1) is 12.8. The number of fused-ring (bicyclic) bond motifs is 1. The standard InChI is InChI=1S/C15H12BrNOS/c16-10-5-6-11(17-8-10)7-14(18)13-9-19-15-4-2-1-3-12(13)15/h1-6,8-9,14,18H,7H2. The highest BCUT2D eigenvalue weighted by Gasteiger charge is 2.14. The predicted molar refractivity (Wildman–Crippen MR) is 82.4 cm³/mol. The van der Waals surface area contributed by atoms with Crippen LogP contribution in [0.2, 0.25) is 0 Å². The van der Waals surface area contributed by atoms with Crippen LogP contribution in [-0.2, 0) is 6.42 Å². The zero-order chi connectivity index (χ0) is 13.2. The van der Waals surface area contributed by atoms with Gasteiger partial charge in [-0.05, 0) is 50.5 Å². The van der Waals surface area contributed by atoms with Gasteiger partial charge in [0.05, 0.1) is 6.10 Å². The summed E-state index contributed by atoms with van der Waals surface area (Å²) in [5.41, 5.74) is 1.89. The molecule has 96 valence electrons. The lowest BCUT2D eigenvalue weighted by atomic mass is 10.0. The van der Waals surface area contributed by atoms with E-state index in [0.29, 0.717) is 6.42 Å². The number of aliphatic hydroxyl groups is 1. The molecular formula is C15H12BrNOS. The zero-order valence-electron chi connectivity index (χ0n) is 10.1. The molecule has 1 aromatic carbocycles. The van der Waals surface area contributed by atoms with E-state index in [4.69, 9.17) is 0 Å². The summed E-state index contributed by atoms with van der Waals surface area (Å²) in [6.07, 6.45) is 1.78. The van der Waals surface area contributed by atoms with Gasteiger partial charge < -0.3 is 5.11 Å². The number of benzene rings is 1. The number of hydrogen-bond donors (Lipinski definition) is 1. The van der Waals surface area contributed by atoms with Crippen LogP contribution in [0.3, 0.4) is 0 Å². The number of rotatable bonds is 3. The first-order valence-corrected chi connectivity index (χ1v) is 7.66. The van der Waals surface area contributed by atoms with Gasteiger partial charge in [0.1, 0.15) is 0 Å². The highest BCUT2D eigenvalue weighted by molar-refractivity contribution is 9.10. The molecule has 0 aliphatic heterocycles. The van der Waals surface area contributed by atoms with Crippen LogP contribution >= 0.6 is 27.3 Å². The average Bonchev–Trinajstić information content (AvgIpc) is 2.85. The molecule has 2 aromatic heterocycles. The molecule has 1 unspecified atom stereocenters. The Balaban J connectivity index is 1.87. The molecule has 0 aliphatic rings. The summed E-state index contributed by atoms with van der Waals surface area (Å²) in [5, 5.41) is 13.6. The second-order valence-electron chi connectivity index (χ2n) is 4.37. The maximum atomic E-state index is 10.4. The van der Waals surface area contributed by atoms with Gasteiger partial charge in [-0.3, -0.25) is 4.98 Å². The third-order valence-corrected chi connectivity index (χ3v) is 4.51. The first-order chi connectivity index (χ1) is 9.24. The molecule has 4 heteroatoms. The highest BCUT2D eigenvalue weighted by atomic mass is 79.9. The summed E-state index contributed by atoms with van der Waals surface area (Å²) < 4.78 is 2.16. The van der Waals surface area contributed by atoms with Crippen molar-refractivity contribution < 1.29 is 5.11 Å². The molecule has 2 heterocycles. The Kier molecular flexibility index (Phi) is 3.64. The molecule has 0 spiro atoms. The Morgan fingerprint density at radius 1 is 1.21 bits per heavy atom. The normalized spacial score (nSPS) is 12.7. The van der Waals surface area contributed by atoms with Crippen LogP contribution in [0.4, 0.5) is 0 Å². The van der Waals surface area contributed by atoms with E-state index < -0.39 is 6.10 Å². The fourth-order valence-electron chi connectivity index (χ4n) is 2.09. The summed E-state index contributed by atoms with van der Waals surface area (Å²) in [6, 6.07) is 12.0. The van der Waals surface area contributed by atoms with Crippen molar-refractivity contribution in [1.29, 1.82) is 0 Å². The lowest BCUT2D eigenvalue weighted by Gasteiger charge is -2.09. The van der Waals surface area contributed by atoms with Crippen LogP contribution in [0.25, 0.3) is 10.1 Å². The van der Waals surface area contributed by atoms with E-state index in [1.165, 1.54) is 4.70 Å². The molecule has 0 saturated carbocycles. The monoisotopic (exact) mass is 333 g/mol. The van der Waals surface area contributed by atoms with Crippen molar-refractivity contribution in [3.05, 3.63) is 63.7 Å². The van der Waals surface area contributed by atoms with E-state index in [1.807, 2.05) is 29.6 Å². The number of hydrogen-bond acceptors (Lipinski definition) is 3. The van der Waals surface area contributed by atoms with Crippen LogP contribution in [0.5, 0.6) is 0 Å². The van der Waals surface area contributed by atoms with Gasteiger partial charge in [0, 0.05) is 27.5 Å². The maximum Gasteiger partial charge on any atom is 0.0859 e. The number of aromatic nitrogens is 1. The molecule has 0 fully saturated rings. The van der Waals surface area contributed by atoms with E-state index >= 15 is 0 Å². The Bertz CT molecular complexity index is 693. The van der Waals surface area contributed by atoms with Crippen molar-refractivity contribution in [1.82, 2.24) is 4.98 Å². The SMILES string of the molecule is OC(Cc1ccc(Br)cn1)c1csc2ccccc12. The van der Waals surface area contributed by atoms with Gasteiger partial charge in [-0.15, -0.1) is 11.3 Å². The minimum absolute atomic E-state index is 0.509. The van der Waals surface area contributed by atoms with Crippen LogP contribution in [0.15, 0.2) is 52.4 Å². The van der Waals surface area contributed by atoms with E-state index in [1.54, 1.807) is 17.5 Å². The molecule has 1 N–H and O–H groups in total. The van der Waals surface area contributed by atoms with Gasteiger partial charge >= 0.3 is 0 Å². The van der Waals surface area contributed by atoms with Gasteiger partial charge in [0.25, 0.3) is 0 Å². The van der Waals surface area contributed by atoms with Gasteiger partial charge in [0.2, 0.25) is 0 Å². The van der Waals surface area contributed by atoms with Crippen LogP contribution in [-0.4, -0.2) is 10.1 Å². The summed E-state index contributed by atoms with van der Waals surface area (Å²) in [7, 11) is 0. The van der Waals surface area contributed by atoms with Crippen molar-refractivity contribution in [3.63, 3.8) is 0 Å². The van der Waals surface area contributed by atoms with Crippen molar-refractivity contribution >= 4 is 37.4 Å². The van der Waals surface area contributed by atoms with E-state index in [2.05, 4.69) is 33.0 Å². The number of aliphatic hydroxyl groups excluding tert-OH is 1. The molecule has 19 heavy (non-hydrogen) atoms. The third-order valence-electron chi connectivity index (χ3n) is 3.06. The minimum atomic E-state index is -0.509. The lowest BCUT2D eigenvalue weighted by molar-refractivity contribution is 0.179. The largest absolute Gasteiger partial charge is 0.388 e. The predicted octanol–water partition coefficient (Wildman–Crippen LogP) is 4.33. The van der Waals surface area contributed by atoms with Crippen molar-refractivity contribution in [2.45, 2.75) is 12.5 Å². The number of pyridine rings is 1. The molecule has 3 rings (SSSR count). The molecule has 0 saturated heterocycles. The first-order valence-electron chi connectivity index (χ1n) is 5.98. The van der Waals surface area contributed by atoms with Gasteiger partial charge in [-0.1, -0.05) is 18.2 Å². The van der Waals surface area contributed by atoms with E-state index in [0.717, 1.165) is 21.1 Å². The van der Waals surface area contributed by atoms with Gasteiger partial charge in [-0.25, -0.2) is 0 Å². The van der Waals surface area contributed by atoms with Crippen molar-refractivity contribution in [2.75, 3.05) is 0 Å². The number of thiophene rings is 1. The van der Waals surface area contributed by atoms with Crippen molar-refractivity contribution in [2.24, 2.45) is 0 Å². The van der Waals surface area contributed by atoms with E-state index in [9.17, 15) is 5.11 Å². The van der Waals surface area contributed by atoms with Crippen molar-refractivity contribution in [3.8, 4) is 0 Å². The summed E-state index contributed by atoms with van der Waals surface area (Å²) in [4.78, 5) is 4.30.